The molecular formula is C14H12F3N3O3S. The van der Waals surface area contributed by atoms with Gasteiger partial charge in [0.1, 0.15) is 0 Å². The lowest BCUT2D eigenvalue weighted by atomic mass is 10.2. The molecular weight excluding hydrogens is 347 g/mol. The largest absolute Gasteiger partial charge is 0.503 e. The molecule has 0 saturated carbocycles. The monoisotopic (exact) mass is 359 g/mol. The van der Waals surface area contributed by atoms with Crippen LogP contribution in [0.15, 0.2) is 47.8 Å². The van der Waals surface area contributed by atoms with Gasteiger partial charge in [-0.15, -0.1) is 0 Å². The van der Waals surface area contributed by atoms with Gasteiger partial charge in [0.05, 0.1) is 5.56 Å². The molecule has 128 valence electrons. The Bertz CT molecular complexity index is 824. The van der Waals surface area contributed by atoms with E-state index in [1.54, 1.807) is 24.4 Å². The van der Waals surface area contributed by atoms with Crippen LogP contribution < -0.4 is 5.32 Å². The summed E-state index contributed by atoms with van der Waals surface area (Å²) in [5.74, 6) is -0.957. The first kappa shape index (κ1) is 17.9. The Hall–Kier alpha value is -2.49. The van der Waals surface area contributed by atoms with E-state index in [1.807, 2.05) is 0 Å². The fourth-order valence-corrected chi connectivity index (χ4v) is 2.70. The summed E-state index contributed by atoms with van der Waals surface area (Å²) in [5, 5.41) is 1.05. The number of nitrogens with zero attached hydrogens (tertiary/aromatic N) is 2. The lowest BCUT2D eigenvalue weighted by molar-refractivity contribution is -0.0438. The fourth-order valence-electron chi connectivity index (χ4n) is 1.83. The molecule has 0 fully saturated rings. The number of alkyl halides is 3. The van der Waals surface area contributed by atoms with Crippen LogP contribution in [0.1, 0.15) is 16.1 Å². The topological polar surface area (TPSA) is 89.0 Å². The molecule has 0 atom stereocenters. The third kappa shape index (κ3) is 3.88. The first-order valence-corrected chi connectivity index (χ1v) is 8.16. The van der Waals surface area contributed by atoms with Crippen molar-refractivity contribution in [3.8, 4) is 0 Å². The number of carbonyl (C=O) groups excluding carboxylic acids is 1. The van der Waals surface area contributed by atoms with Gasteiger partial charge in [0.25, 0.3) is 15.7 Å². The van der Waals surface area contributed by atoms with Gasteiger partial charge < -0.3 is 5.32 Å². The predicted octanol–water partition coefficient (Wildman–Crippen LogP) is 1.74. The zero-order chi connectivity index (χ0) is 17.8. The third-order valence-electron chi connectivity index (χ3n) is 2.97. The molecule has 0 aliphatic carbocycles. The van der Waals surface area contributed by atoms with Gasteiger partial charge in [-0.05, 0) is 24.3 Å². The second-order valence-corrected chi connectivity index (χ2v) is 6.49. The van der Waals surface area contributed by atoms with Crippen LogP contribution in [0.2, 0.25) is 0 Å². The number of amides is 1. The van der Waals surface area contributed by atoms with Gasteiger partial charge in [0.15, 0.2) is 5.03 Å². The second kappa shape index (κ2) is 6.95. The van der Waals surface area contributed by atoms with Crippen LogP contribution in [-0.4, -0.2) is 36.3 Å². The molecule has 0 saturated heterocycles. The molecule has 2 rings (SSSR count). The van der Waals surface area contributed by atoms with E-state index in [-0.39, 0.29) is 6.54 Å². The standard InChI is InChI=1S/C14H12F3N3O3S/c15-14(16,17)24(22,23)13-11(5-3-8-20-13)12(21)19-9-6-10-4-1-2-7-18-10/h1-5,7-8H,6,9H2,(H,19,21). The van der Waals surface area contributed by atoms with Crippen LogP contribution in [0, 0.1) is 0 Å². The van der Waals surface area contributed by atoms with Gasteiger partial charge >= 0.3 is 5.51 Å². The lowest BCUT2D eigenvalue weighted by Crippen LogP contribution is -2.31. The van der Waals surface area contributed by atoms with Gasteiger partial charge in [-0.1, -0.05) is 6.07 Å². The second-order valence-electron chi connectivity index (χ2n) is 4.63. The summed E-state index contributed by atoms with van der Waals surface area (Å²) < 4.78 is 61.0. The van der Waals surface area contributed by atoms with E-state index >= 15 is 0 Å². The summed E-state index contributed by atoms with van der Waals surface area (Å²) in [7, 11) is -5.71. The van der Waals surface area contributed by atoms with Crippen LogP contribution in [0.5, 0.6) is 0 Å². The minimum Gasteiger partial charge on any atom is -0.352 e. The number of rotatable bonds is 5. The van der Waals surface area contributed by atoms with E-state index < -0.39 is 31.8 Å². The zero-order valence-corrected chi connectivity index (χ0v) is 12.9. The van der Waals surface area contributed by atoms with Crippen molar-refractivity contribution in [2.24, 2.45) is 0 Å². The Labute approximate surface area is 135 Å². The Balaban J connectivity index is 2.16. The zero-order valence-electron chi connectivity index (χ0n) is 12.1. The molecule has 0 unspecified atom stereocenters. The first-order chi connectivity index (χ1) is 11.2. The molecule has 1 amide bonds. The Morgan fingerprint density at radius 1 is 1.08 bits per heavy atom. The van der Waals surface area contributed by atoms with E-state index in [9.17, 15) is 26.4 Å². The van der Waals surface area contributed by atoms with Crippen molar-refractivity contribution < 1.29 is 26.4 Å². The van der Waals surface area contributed by atoms with Crippen molar-refractivity contribution in [2.75, 3.05) is 6.54 Å². The van der Waals surface area contributed by atoms with Gasteiger partial charge in [0.2, 0.25) is 0 Å². The average molecular weight is 359 g/mol. The Morgan fingerprint density at radius 3 is 2.42 bits per heavy atom. The molecule has 2 aromatic heterocycles. The van der Waals surface area contributed by atoms with Crippen molar-refractivity contribution in [3.63, 3.8) is 0 Å². The summed E-state index contributed by atoms with van der Waals surface area (Å²) in [6.45, 7) is 0.0796. The first-order valence-electron chi connectivity index (χ1n) is 6.68. The lowest BCUT2D eigenvalue weighted by Gasteiger charge is -2.11. The number of pyridine rings is 2. The van der Waals surface area contributed by atoms with Crippen molar-refractivity contribution in [2.45, 2.75) is 17.0 Å². The highest BCUT2D eigenvalue weighted by atomic mass is 32.2. The predicted molar refractivity (Wildman–Crippen MR) is 77.8 cm³/mol. The van der Waals surface area contributed by atoms with Crippen molar-refractivity contribution >= 4 is 15.7 Å². The molecule has 0 aromatic carbocycles. The molecule has 0 aliphatic rings. The molecule has 6 nitrogen and oxygen atoms in total. The number of aromatic nitrogens is 2. The van der Waals surface area contributed by atoms with E-state index in [2.05, 4.69) is 15.3 Å². The van der Waals surface area contributed by atoms with Gasteiger partial charge in [-0.2, -0.15) is 13.2 Å². The Kier molecular flexibility index (Phi) is 5.17. The quantitative estimate of drug-likeness (QED) is 0.878. The van der Waals surface area contributed by atoms with Crippen molar-refractivity contribution in [1.82, 2.24) is 15.3 Å². The SMILES string of the molecule is O=C(NCCc1ccccn1)c1cccnc1S(=O)(=O)C(F)(F)F. The maximum absolute atomic E-state index is 12.7. The summed E-state index contributed by atoms with van der Waals surface area (Å²) in [4.78, 5) is 19.3. The van der Waals surface area contributed by atoms with Crippen molar-refractivity contribution in [3.05, 3.63) is 54.0 Å². The highest BCUT2D eigenvalue weighted by Gasteiger charge is 2.49. The summed E-state index contributed by atoms with van der Waals surface area (Å²) in [6, 6.07) is 7.34. The fraction of sp³-hybridized carbons (Fsp3) is 0.214. The summed E-state index contributed by atoms with van der Waals surface area (Å²) >= 11 is 0. The molecule has 10 heteroatoms. The number of halogens is 3. The normalized spacial score (nSPS) is 12.0. The number of carbonyl (C=O) groups is 1. The number of sulfone groups is 1. The van der Waals surface area contributed by atoms with E-state index in [0.29, 0.717) is 12.1 Å². The van der Waals surface area contributed by atoms with Gasteiger partial charge in [0, 0.05) is 31.1 Å². The summed E-state index contributed by atoms with van der Waals surface area (Å²) in [5.41, 5.74) is -5.52. The maximum atomic E-state index is 12.7. The van der Waals surface area contributed by atoms with Crippen molar-refractivity contribution in [1.29, 1.82) is 0 Å². The van der Waals surface area contributed by atoms with Crippen LogP contribution >= 0.6 is 0 Å². The molecule has 0 aliphatic heterocycles. The molecule has 0 radical (unpaired) electrons. The number of hydrogen-bond donors (Lipinski definition) is 1. The van der Waals surface area contributed by atoms with E-state index in [0.717, 1.165) is 12.3 Å². The molecule has 2 heterocycles. The average Bonchev–Trinajstić information content (AvgIpc) is 2.54. The smallest absolute Gasteiger partial charge is 0.352 e. The highest BCUT2D eigenvalue weighted by molar-refractivity contribution is 7.92. The number of nitrogens with one attached hydrogen (secondary N) is 1. The molecule has 1 N–H and O–H groups in total. The molecule has 0 bridgehead atoms. The van der Waals surface area contributed by atoms with Crippen LogP contribution in [-0.2, 0) is 16.3 Å². The Morgan fingerprint density at radius 2 is 1.79 bits per heavy atom. The van der Waals surface area contributed by atoms with Gasteiger partial charge in [-0.25, -0.2) is 13.4 Å². The third-order valence-corrected chi connectivity index (χ3v) is 4.41. The minimum atomic E-state index is -5.71. The van der Waals surface area contributed by atoms with Crippen LogP contribution in [0.25, 0.3) is 0 Å². The van der Waals surface area contributed by atoms with Crippen LogP contribution in [0.3, 0.4) is 0 Å². The van der Waals surface area contributed by atoms with Gasteiger partial charge in [-0.3, -0.25) is 9.78 Å². The van der Waals surface area contributed by atoms with E-state index in [1.165, 1.54) is 6.07 Å². The minimum absolute atomic E-state index is 0.0796. The maximum Gasteiger partial charge on any atom is 0.503 e. The number of hydrogen-bond acceptors (Lipinski definition) is 5. The van der Waals surface area contributed by atoms with Crippen LogP contribution in [0.4, 0.5) is 13.2 Å². The molecule has 2 aromatic rings. The van der Waals surface area contributed by atoms with E-state index in [4.69, 9.17) is 0 Å². The molecule has 24 heavy (non-hydrogen) atoms. The highest BCUT2D eigenvalue weighted by Crippen LogP contribution is 2.30. The molecule has 0 spiro atoms. The summed E-state index contributed by atoms with van der Waals surface area (Å²) in [6.07, 6.45) is 2.78.